The van der Waals surface area contributed by atoms with Crippen molar-refractivity contribution in [1.82, 2.24) is 0 Å². The van der Waals surface area contributed by atoms with Crippen molar-refractivity contribution in [3.05, 3.63) is 58.1 Å². The summed E-state index contributed by atoms with van der Waals surface area (Å²) in [7, 11) is 2.90. The summed E-state index contributed by atoms with van der Waals surface area (Å²) in [5.74, 6) is 0.131. The van der Waals surface area contributed by atoms with E-state index in [2.05, 4.69) is 4.74 Å². The third-order valence-corrected chi connectivity index (χ3v) is 3.63. The Bertz CT molecular complexity index is 682. The Labute approximate surface area is 134 Å². The first-order valence-corrected chi connectivity index (χ1v) is 7.15. The minimum Gasteiger partial charge on any atom is -0.507 e. The highest BCUT2D eigenvalue weighted by Gasteiger charge is 2.12. The van der Waals surface area contributed by atoms with Gasteiger partial charge in [0.2, 0.25) is 0 Å². The fourth-order valence-corrected chi connectivity index (χ4v) is 2.43. The van der Waals surface area contributed by atoms with Crippen molar-refractivity contribution < 1.29 is 19.4 Å². The Morgan fingerprint density at radius 2 is 1.91 bits per heavy atom. The highest BCUT2D eigenvalue weighted by Crippen LogP contribution is 2.25. The first-order chi connectivity index (χ1) is 10.5. The molecule has 0 aliphatic heterocycles. The molecular formula is C17H17ClO4. The minimum absolute atomic E-state index is 0.0871. The van der Waals surface area contributed by atoms with Crippen molar-refractivity contribution >= 4 is 17.6 Å². The van der Waals surface area contributed by atoms with Crippen molar-refractivity contribution in [3.63, 3.8) is 0 Å². The molecule has 0 aliphatic rings. The first kappa shape index (κ1) is 16.2. The number of aromatic hydroxyl groups is 1. The van der Waals surface area contributed by atoms with Crippen molar-refractivity contribution in [2.45, 2.75) is 12.8 Å². The van der Waals surface area contributed by atoms with E-state index in [-0.39, 0.29) is 11.3 Å². The molecule has 1 N–H and O–H groups in total. The number of hydrogen-bond donors (Lipinski definition) is 1. The second-order valence-electron chi connectivity index (χ2n) is 4.80. The molecule has 0 radical (unpaired) electrons. The number of rotatable bonds is 5. The second-order valence-corrected chi connectivity index (χ2v) is 5.24. The highest BCUT2D eigenvalue weighted by molar-refractivity contribution is 6.30. The van der Waals surface area contributed by atoms with Gasteiger partial charge in [-0.2, -0.15) is 0 Å². The lowest BCUT2D eigenvalue weighted by atomic mass is 10.0. The number of benzene rings is 2. The lowest BCUT2D eigenvalue weighted by molar-refractivity contribution is 0.0597. The van der Waals surface area contributed by atoms with Crippen LogP contribution in [0.4, 0.5) is 0 Å². The van der Waals surface area contributed by atoms with Gasteiger partial charge in [0.05, 0.1) is 14.2 Å². The topological polar surface area (TPSA) is 55.8 Å². The molecule has 2 aromatic carbocycles. The summed E-state index contributed by atoms with van der Waals surface area (Å²) in [6, 6.07) is 10.4. The molecule has 0 amide bonds. The first-order valence-electron chi connectivity index (χ1n) is 6.77. The molecule has 0 fully saturated rings. The quantitative estimate of drug-likeness (QED) is 0.855. The third-order valence-electron chi connectivity index (χ3n) is 3.39. The van der Waals surface area contributed by atoms with Crippen LogP contribution in [0.15, 0.2) is 36.4 Å². The van der Waals surface area contributed by atoms with Crippen molar-refractivity contribution in [3.8, 4) is 11.5 Å². The van der Waals surface area contributed by atoms with E-state index in [1.165, 1.54) is 13.2 Å². The molecule has 0 atom stereocenters. The smallest absolute Gasteiger partial charge is 0.341 e. The van der Waals surface area contributed by atoms with Gasteiger partial charge in [0, 0.05) is 5.02 Å². The standard InChI is InChI=1S/C17H17ClO4/c1-21-16-8-6-13(18)10-12(16)5-3-11-4-7-15(19)14(9-11)17(20)22-2/h4,6-10,19H,3,5H2,1-2H3. The third kappa shape index (κ3) is 3.71. The predicted molar refractivity (Wildman–Crippen MR) is 84.9 cm³/mol. The molecule has 0 aliphatic carbocycles. The van der Waals surface area contributed by atoms with Gasteiger partial charge < -0.3 is 14.6 Å². The summed E-state index contributed by atoms with van der Waals surface area (Å²) in [6.45, 7) is 0. The molecule has 0 unspecified atom stereocenters. The van der Waals surface area contributed by atoms with Crippen molar-refractivity contribution in [2.75, 3.05) is 14.2 Å². The minimum atomic E-state index is -0.556. The summed E-state index contributed by atoms with van der Waals surface area (Å²) < 4.78 is 9.97. The van der Waals surface area contributed by atoms with Gasteiger partial charge in [-0.25, -0.2) is 4.79 Å². The zero-order chi connectivity index (χ0) is 16.1. The van der Waals surface area contributed by atoms with Gasteiger partial charge in [0.1, 0.15) is 17.1 Å². The average Bonchev–Trinajstić information content (AvgIpc) is 2.53. The van der Waals surface area contributed by atoms with Crippen molar-refractivity contribution in [2.24, 2.45) is 0 Å². The molecule has 0 saturated carbocycles. The Balaban J connectivity index is 2.18. The summed E-state index contributed by atoms with van der Waals surface area (Å²) in [5, 5.41) is 10.4. The number of carbonyl (C=O) groups is 1. The zero-order valence-electron chi connectivity index (χ0n) is 12.4. The summed E-state index contributed by atoms with van der Waals surface area (Å²) in [4.78, 5) is 11.6. The highest BCUT2D eigenvalue weighted by atomic mass is 35.5. The SMILES string of the molecule is COC(=O)c1cc(CCc2cc(Cl)ccc2OC)ccc1O. The molecule has 0 bridgehead atoms. The molecule has 116 valence electrons. The van der Waals surface area contributed by atoms with Gasteiger partial charge in [0.15, 0.2) is 0 Å². The van der Waals surface area contributed by atoms with E-state index in [0.717, 1.165) is 16.9 Å². The van der Waals surface area contributed by atoms with Crippen LogP contribution in [0.1, 0.15) is 21.5 Å². The zero-order valence-corrected chi connectivity index (χ0v) is 13.2. The number of aryl methyl sites for hydroxylation is 2. The van der Waals surface area contributed by atoms with Gasteiger partial charge in [-0.05, 0) is 54.3 Å². The maximum absolute atomic E-state index is 11.6. The van der Waals surface area contributed by atoms with Gasteiger partial charge in [-0.3, -0.25) is 0 Å². The van der Waals surface area contributed by atoms with E-state index < -0.39 is 5.97 Å². The molecule has 4 nitrogen and oxygen atoms in total. The monoisotopic (exact) mass is 320 g/mol. The number of carbonyl (C=O) groups excluding carboxylic acids is 1. The number of phenolic OH excluding ortho intramolecular Hbond substituents is 1. The van der Waals surface area contributed by atoms with Crippen LogP contribution in [-0.2, 0) is 17.6 Å². The van der Waals surface area contributed by atoms with Gasteiger partial charge in [0.25, 0.3) is 0 Å². The van der Waals surface area contributed by atoms with Crippen LogP contribution >= 0.6 is 11.6 Å². The Morgan fingerprint density at radius 1 is 1.14 bits per heavy atom. The number of esters is 1. The number of phenols is 1. The predicted octanol–water partition coefficient (Wildman–Crippen LogP) is 3.63. The van der Waals surface area contributed by atoms with Crippen LogP contribution in [0.3, 0.4) is 0 Å². The molecule has 5 heteroatoms. The maximum Gasteiger partial charge on any atom is 0.341 e. The van der Waals surface area contributed by atoms with Gasteiger partial charge >= 0.3 is 5.97 Å². The van der Waals surface area contributed by atoms with E-state index in [4.69, 9.17) is 16.3 Å². The number of halogens is 1. The lowest BCUT2D eigenvalue weighted by Gasteiger charge is -2.10. The fourth-order valence-electron chi connectivity index (χ4n) is 2.23. The lowest BCUT2D eigenvalue weighted by Crippen LogP contribution is -2.03. The molecule has 0 spiro atoms. The van der Waals surface area contributed by atoms with Crippen LogP contribution in [0, 0.1) is 0 Å². The van der Waals surface area contributed by atoms with E-state index in [9.17, 15) is 9.90 Å². The molecule has 2 aromatic rings. The van der Waals surface area contributed by atoms with Crippen LogP contribution in [-0.4, -0.2) is 25.3 Å². The largest absolute Gasteiger partial charge is 0.507 e. The van der Waals surface area contributed by atoms with Crippen LogP contribution in [0.25, 0.3) is 0 Å². The van der Waals surface area contributed by atoms with Gasteiger partial charge in [-0.1, -0.05) is 17.7 Å². The molecule has 0 heterocycles. The van der Waals surface area contributed by atoms with E-state index >= 15 is 0 Å². The van der Waals surface area contributed by atoms with Crippen LogP contribution in [0.5, 0.6) is 11.5 Å². The summed E-state index contributed by atoms with van der Waals surface area (Å²) in [6.07, 6.45) is 1.39. The van der Waals surface area contributed by atoms with Crippen LogP contribution in [0.2, 0.25) is 5.02 Å². The number of ether oxygens (including phenoxy) is 2. The molecule has 2 rings (SSSR count). The van der Waals surface area contributed by atoms with E-state index in [1.54, 1.807) is 25.3 Å². The van der Waals surface area contributed by atoms with E-state index in [0.29, 0.717) is 17.9 Å². The number of methoxy groups -OCH3 is 2. The molecule has 0 saturated heterocycles. The normalized spacial score (nSPS) is 10.3. The molecular weight excluding hydrogens is 304 g/mol. The summed E-state index contributed by atoms with van der Waals surface area (Å²) in [5.41, 5.74) is 2.07. The fraction of sp³-hybridized carbons (Fsp3) is 0.235. The van der Waals surface area contributed by atoms with E-state index in [1.807, 2.05) is 12.1 Å². The Kier molecular flexibility index (Phi) is 5.28. The van der Waals surface area contributed by atoms with Crippen LogP contribution < -0.4 is 4.74 Å². The Hall–Kier alpha value is -2.20. The van der Waals surface area contributed by atoms with Gasteiger partial charge in [-0.15, -0.1) is 0 Å². The molecule has 0 aromatic heterocycles. The average molecular weight is 321 g/mol. The Morgan fingerprint density at radius 3 is 2.59 bits per heavy atom. The molecule has 22 heavy (non-hydrogen) atoms. The van der Waals surface area contributed by atoms with Crippen molar-refractivity contribution in [1.29, 1.82) is 0 Å². The summed E-state index contributed by atoms with van der Waals surface area (Å²) >= 11 is 6.01. The maximum atomic E-state index is 11.6. The number of hydrogen-bond acceptors (Lipinski definition) is 4. The second kappa shape index (κ2) is 7.18.